The third-order valence-electron chi connectivity index (χ3n) is 4.15. The summed E-state index contributed by atoms with van der Waals surface area (Å²) < 4.78 is 0. The zero-order valence-corrected chi connectivity index (χ0v) is 12.9. The number of Topliss-reactive ketones (excluding diaryl/α,β-unsaturated/α-hetero) is 1. The van der Waals surface area contributed by atoms with Gasteiger partial charge in [-0.3, -0.25) is 19.7 Å². The fraction of sp³-hybridized carbons (Fsp3) is 0.222. The van der Waals surface area contributed by atoms with Crippen molar-refractivity contribution in [3.8, 4) is 0 Å². The van der Waals surface area contributed by atoms with Gasteiger partial charge >= 0.3 is 0 Å². The molecule has 0 radical (unpaired) electrons. The van der Waals surface area contributed by atoms with E-state index in [1.165, 1.54) is 24.3 Å². The molecule has 3 rings (SSSR count). The Balaban J connectivity index is 1.76. The number of non-ortho nitro benzene ring substituents is 1. The number of carbonyl (C=O) groups is 2. The van der Waals surface area contributed by atoms with Crippen LogP contribution in [0.15, 0.2) is 48.5 Å². The third-order valence-corrected chi connectivity index (χ3v) is 4.15. The summed E-state index contributed by atoms with van der Waals surface area (Å²) in [6, 6.07) is 11.9. The van der Waals surface area contributed by atoms with E-state index in [1.54, 1.807) is 24.3 Å². The molecular formula is C18H16N2O4. The zero-order chi connectivity index (χ0) is 17.1. The minimum absolute atomic E-state index is 0.0434. The highest BCUT2D eigenvalue weighted by Crippen LogP contribution is 2.17. The van der Waals surface area contributed by atoms with Crippen LogP contribution < -0.4 is 5.32 Å². The van der Waals surface area contributed by atoms with E-state index in [9.17, 15) is 19.7 Å². The SMILES string of the molecule is O=C(c1ccc(C(=O)[C@@H]2CCCN2)cc1)c1ccc([N+](=O)[O-])cc1. The zero-order valence-electron chi connectivity index (χ0n) is 12.9. The summed E-state index contributed by atoms with van der Waals surface area (Å²) in [6.07, 6.45) is 1.83. The molecule has 0 bridgehead atoms. The predicted octanol–water partition coefficient (Wildman–Crippen LogP) is 2.76. The quantitative estimate of drug-likeness (QED) is 0.519. The summed E-state index contributed by atoms with van der Waals surface area (Å²) in [5.41, 5.74) is 1.34. The summed E-state index contributed by atoms with van der Waals surface area (Å²) in [5.74, 6) is -0.190. The molecule has 0 aliphatic carbocycles. The van der Waals surface area contributed by atoms with E-state index in [2.05, 4.69) is 5.32 Å². The van der Waals surface area contributed by atoms with Crippen molar-refractivity contribution in [2.24, 2.45) is 0 Å². The molecular weight excluding hydrogens is 308 g/mol. The van der Waals surface area contributed by atoms with Crippen LogP contribution in [-0.4, -0.2) is 29.1 Å². The van der Waals surface area contributed by atoms with E-state index in [-0.39, 0.29) is 23.3 Å². The van der Waals surface area contributed by atoms with Crippen LogP contribution in [-0.2, 0) is 0 Å². The van der Waals surface area contributed by atoms with E-state index in [4.69, 9.17) is 0 Å². The fourth-order valence-corrected chi connectivity index (χ4v) is 2.80. The fourth-order valence-electron chi connectivity index (χ4n) is 2.80. The number of carbonyl (C=O) groups excluding carboxylic acids is 2. The molecule has 1 saturated heterocycles. The number of nitro benzene ring substituents is 1. The highest BCUT2D eigenvalue weighted by atomic mass is 16.6. The molecule has 0 aromatic heterocycles. The maximum Gasteiger partial charge on any atom is 0.269 e. The molecule has 0 unspecified atom stereocenters. The lowest BCUT2D eigenvalue weighted by molar-refractivity contribution is -0.384. The van der Waals surface area contributed by atoms with Crippen molar-refractivity contribution in [2.45, 2.75) is 18.9 Å². The highest BCUT2D eigenvalue weighted by Gasteiger charge is 2.23. The Morgan fingerprint density at radius 2 is 1.50 bits per heavy atom. The smallest absolute Gasteiger partial charge is 0.269 e. The van der Waals surface area contributed by atoms with Gasteiger partial charge < -0.3 is 5.32 Å². The van der Waals surface area contributed by atoms with Crippen molar-refractivity contribution < 1.29 is 14.5 Å². The third kappa shape index (κ3) is 3.23. The number of ketones is 2. The first-order valence-electron chi connectivity index (χ1n) is 7.73. The minimum Gasteiger partial charge on any atom is -0.307 e. The summed E-state index contributed by atoms with van der Waals surface area (Å²) >= 11 is 0. The van der Waals surface area contributed by atoms with Gasteiger partial charge in [0.2, 0.25) is 0 Å². The first-order valence-corrected chi connectivity index (χ1v) is 7.73. The molecule has 0 amide bonds. The van der Waals surface area contributed by atoms with Gasteiger partial charge in [-0.1, -0.05) is 24.3 Å². The van der Waals surface area contributed by atoms with E-state index in [1.807, 2.05) is 0 Å². The lowest BCUT2D eigenvalue weighted by Crippen LogP contribution is -2.30. The van der Waals surface area contributed by atoms with Crippen LogP contribution in [0.3, 0.4) is 0 Å². The van der Waals surface area contributed by atoms with Gasteiger partial charge in [0.15, 0.2) is 11.6 Å². The predicted molar refractivity (Wildman–Crippen MR) is 88.3 cm³/mol. The van der Waals surface area contributed by atoms with Gasteiger partial charge in [0.1, 0.15) is 0 Å². The molecule has 24 heavy (non-hydrogen) atoms. The molecule has 1 atom stereocenters. The molecule has 1 fully saturated rings. The van der Waals surface area contributed by atoms with Crippen molar-refractivity contribution in [3.05, 3.63) is 75.3 Å². The Labute approximate surface area is 138 Å². The standard InChI is InChI=1S/C18H16N2O4/c21-17(13-7-9-15(10-8-13)20(23)24)12-3-5-14(6-4-12)18(22)16-2-1-11-19-16/h3-10,16,19H,1-2,11H2/t16-/m0/s1. The van der Waals surface area contributed by atoms with Gasteiger partial charge in [0.05, 0.1) is 11.0 Å². The van der Waals surface area contributed by atoms with Crippen LogP contribution in [0.5, 0.6) is 0 Å². The summed E-state index contributed by atoms with van der Waals surface area (Å²) in [4.78, 5) is 34.8. The number of nitrogens with one attached hydrogen (secondary N) is 1. The van der Waals surface area contributed by atoms with Gasteiger partial charge in [0, 0.05) is 28.8 Å². The Kier molecular flexibility index (Phi) is 4.48. The molecule has 1 N–H and O–H groups in total. The molecule has 2 aromatic rings. The van der Waals surface area contributed by atoms with Crippen LogP contribution in [0.1, 0.15) is 39.1 Å². The largest absolute Gasteiger partial charge is 0.307 e. The van der Waals surface area contributed by atoms with Gasteiger partial charge in [-0.05, 0) is 31.5 Å². The van der Waals surface area contributed by atoms with Gasteiger partial charge in [-0.25, -0.2) is 0 Å². The molecule has 0 spiro atoms. The molecule has 2 aromatic carbocycles. The molecule has 1 aliphatic rings. The van der Waals surface area contributed by atoms with Crippen molar-refractivity contribution in [1.29, 1.82) is 0 Å². The molecule has 122 valence electrons. The van der Waals surface area contributed by atoms with Crippen LogP contribution >= 0.6 is 0 Å². The lowest BCUT2D eigenvalue weighted by atomic mass is 9.98. The first kappa shape index (κ1) is 16.0. The Bertz CT molecular complexity index is 776. The normalized spacial score (nSPS) is 16.8. The maximum absolute atomic E-state index is 12.4. The first-order chi connectivity index (χ1) is 11.6. The van der Waals surface area contributed by atoms with Crippen LogP contribution in [0.2, 0.25) is 0 Å². The van der Waals surface area contributed by atoms with Gasteiger partial charge in [0.25, 0.3) is 5.69 Å². The number of hydrogen-bond acceptors (Lipinski definition) is 5. The number of nitrogens with zero attached hydrogens (tertiary/aromatic N) is 1. The lowest BCUT2D eigenvalue weighted by Gasteiger charge is -2.09. The average molecular weight is 324 g/mol. The van der Waals surface area contributed by atoms with Crippen molar-refractivity contribution in [3.63, 3.8) is 0 Å². The van der Waals surface area contributed by atoms with Crippen LogP contribution in [0, 0.1) is 10.1 Å². The Hall–Kier alpha value is -2.86. The van der Waals surface area contributed by atoms with E-state index >= 15 is 0 Å². The molecule has 1 aliphatic heterocycles. The summed E-state index contributed by atoms with van der Waals surface area (Å²) in [7, 11) is 0. The molecule has 0 saturated carbocycles. The number of nitro groups is 1. The second-order valence-corrected chi connectivity index (χ2v) is 5.72. The van der Waals surface area contributed by atoms with Crippen LogP contribution in [0.25, 0.3) is 0 Å². The monoisotopic (exact) mass is 324 g/mol. The van der Waals surface area contributed by atoms with Gasteiger partial charge in [-0.15, -0.1) is 0 Å². The van der Waals surface area contributed by atoms with Crippen molar-refractivity contribution in [2.75, 3.05) is 6.54 Å². The maximum atomic E-state index is 12.4. The second-order valence-electron chi connectivity index (χ2n) is 5.72. The number of benzene rings is 2. The number of hydrogen-bond donors (Lipinski definition) is 1. The molecule has 6 heteroatoms. The Morgan fingerprint density at radius 1 is 0.958 bits per heavy atom. The van der Waals surface area contributed by atoms with E-state index < -0.39 is 4.92 Å². The molecule has 6 nitrogen and oxygen atoms in total. The minimum atomic E-state index is -0.508. The van der Waals surface area contributed by atoms with Crippen LogP contribution in [0.4, 0.5) is 5.69 Å². The van der Waals surface area contributed by atoms with Gasteiger partial charge in [-0.2, -0.15) is 0 Å². The summed E-state index contributed by atoms with van der Waals surface area (Å²) in [6.45, 7) is 0.854. The van der Waals surface area contributed by atoms with E-state index in [0.29, 0.717) is 16.7 Å². The summed E-state index contributed by atoms with van der Waals surface area (Å²) in [5, 5.41) is 13.8. The molecule has 1 heterocycles. The highest BCUT2D eigenvalue weighted by molar-refractivity contribution is 6.09. The second kappa shape index (κ2) is 6.72. The Morgan fingerprint density at radius 3 is 2.00 bits per heavy atom. The van der Waals surface area contributed by atoms with Crippen molar-refractivity contribution >= 4 is 17.3 Å². The average Bonchev–Trinajstić information content (AvgIpc) is 3.15. The van der Waals surface area contributed by atoms with Crippen molar-refractivity contribution in [1.82, 2.24) is 5.32 Å². The topological polar surface area (TPSA) is 89.3 Å². The van der Waals surface area contributed by atoms with E-state index in [0.717, 1.165) is 19.4 Å². The number of rotatable bonds is 5.